The Morgan fingerprint density at radius 2 is 1.89 bits per heavy atom. The summed E-state index contributed by atoms with van der Waals surface area (Å²) in [6.07, 6.45) is 3.67. The minimum absolute atomic E-state index is 0.100. The summed E-state index contributed by atoms with van der Waals surface area (Å²) in [4.78, 5) is 18.7. The molecular weight excluding hydrogens is 488 g/mol. The van der Waals surface area contributed by atoms with Gasteiger partial charge in [0.25, 0.3) is 0 Å². The number of esters is 1. The number of aryl methyl sites for hydroxylation is 2. The fraction of sp³-hybridized carbons (Fsp3) is 0.200. The first-order chi connectivity index (χ1) is 18.4. The summed E-state index contributed by atoms with van der Waals surface area (Å²) in [6.45, 7) is 4.15. The average molecular weight is 518 g/mol. The molecule has 1 heterocycles. The molecule has 0 fully saturated rings. The summed E-state index contributed by atoms with van der Waals surface area (Å²) in [5, 5.41) is 0.851. The molecule has 4 rings (SSSR count). The minimum Gasteiger partial charge on any atom is -0.466 e. The topological polar surface area (TPSA) is 89.7 Å². The number of halogens is 2. The molecule has 4 aromatic rings. The maximum atomic E-state index is 14.8. The SMILES string of the molecule is CCOC(=O)CCc1cccc(CN=C/C(F)=C(\N)c2cccc(Oc3c(F)cc4[nH]ccc4c3C)c2)c1. The number of hydrogen-bond acceptors (Lipinski definition) is 5. The van der Waals surface area contributed by atoms with Crippen molar-refractivity contribution in [3.8, 4) is 11.5 Å². The highest BCUT2D eigenvalue weighted by Crippen LogP contribution is 2.34. The lowest BCUT2D eigenvalue weighted by Crippen LogP contribution is -2.05. The average Bonchev–Trinajstić information content (AvgIpc) is 3.38. The van der Waals surface area contributed by atoms with E-state index < -0.39 is 11.6 Å². The second-order valence-corrected chi connectivity index (χ2v) is 8.74. The first-order valence-corrected chi connectivity index (χ1v) is 12.3. The zero-order chi connectivity index (χ0) is 27.1. The van der Waals surface area contributed by atoms with E-state index in [9.17, 15) is 13.6 Å². The van der Waals surface area contributed by atoms with Crippen LogP contribution >= 0.6 is 0 Å². The maximum absolute atomic E-state index is 14.8. The summed E-state index contributed by atoms with van der Waals surface area (Å²) in [5.41, 5.74) is 9.50. The number of nitrogens with zero attached hydrogens (tertiary/aromatic N) is 1. The predicted octanol–water partition coefficient (Wildman–Crippen LogP) is 6.77. The lowest BCUT2D eigenvalue weighted by atomic mass is 10.1. The second-order valence-electron chi connectivity index (χ2n) is 8.74. The van der Waals surface area contributed by atoms with Crippen LogP contribution in [0.15, 0.2) is 77.7 Å². The molecule has 0 saturated heterocycles. The number of fused-ring (bicyclic) bond motifs is 1. The van der Waals surface area contributed by atoms with Crippen LogP contribution in [-0.4, -0.2) is 23.8 Å². The Labute approximate surface area is 219 Å². The van der Waals surface area contributed by atoms with Crippen LogP contribution in [-0.2, 0) is 22.5 Å². The van der Waals surface area contributed by atoms with Crippen LogP contribution < -0.4 is 10.5 Å². The number of benzene rings is 3. The van der Waals surface area contributed by atoms with Crippen LogP contribution in [0, 0.1) is 12.7 Å². The molecule has 0 unspecified atom stereocenters. The van der Waals surface area contributed by atoms with Crippen molar-refractivity contribution in [2.24, 2.45) is 10.7 Å². The second kappa shape index (κ2) is 12.2. The van der Waals surface area contributed by atoms with E-state index in [4.69, 9.17) is 15.2 Å². The van der Waals surface area contributed by atoms with Gasteiger partial charge in [-0.1, -0.05) is 36.4 Å². The van der Waals surface area contributed by atoms with Crippen molar-refractivity contribution in [2.45, 2.75) is 33.2 Å². The number of nitrogens with one attached hydrogen (secondary N) is 1. The van der Waals surface area contributed by atoms with Gasteiger partial charge >= 0.3 is 5.97 Å². The molecule has 0 aliphatic carbocycles. The molecule has 0 bridgehead atoms. The van der Waals surface area contributed by atoms with E-state index >= 15 is 0 Å². The van der Waals surface area contributed by atoms with Crippen LogP contribution in [0.4, 0.5) is 8.78 Å². The first kappa shape index (κ1) is 26.6. The number of nitrogens with two attached hydrogens (primary N) is 1. The van der Waals surface area contributed by atoms with Crippen LogP contribution in [0.2, 0.25) is 0 Å². The van der Waals surface area contributed by atoms with Crippen LogP contribution in [0.25, 0.3) is 16.6 Å². The molecule has 0 spiro atoms. The monoisotopic (exact) mass is 517 g/mol. The van der Waals surface area contributed by atoms with E-state index in [0.29, 0.717) is 41.8 Å². The zero-order valence-electron chi connectivity index (χ0n) is 21.3. The van der Waals surface area contributed by atoms with Crippen molar-refractivity contribution in [1.29, 1.82) is 0 Å². The van der Waals surface area contributed by atoms with Gasteiger partial charge in [-0.25, -0.2) is 8.78 Å². The van der Waals surface area contributed by atoms with Gasteiger partial charge in [0, 0.05) is 40.7 Å². The van der Waals surface area contributed by atoms with Gasteiger partial charge < -0.3 is 20.2 Å². The Hall–Kier alpha value is -4.46. The Morgan fingerprint density at radius 1 is 1.11 bits per heavy atom. The van der Waals surface area contributed by atoms with Gasteiger partial charge in [0.1, 0.15) is 5.75 Å². The van der Waals surface area contributed by atoms with Gasteiger partial charge in [-0.2, -0.15) is 0 Å². The molecule has 0 amide bonds. The van der Waals surface area contributed by atoms with E-state index in [2.05, 4.69) is 9.98 Å². The van der Waals surface area contributed by atoms with Crippen molar-refractivity contribution in [3.63, 3.8) is 0 Å². The van der Waals surface area contributed by atoms with Gasteiger partial charge in [-0.05, 0) is 49.6 Å². The Bertz CT molecular complexity index is 1510. The highest BCUT2D eigenvalue weighted by Gasteiger charge is 2.14. The van der Waals surface area contributed by atoms with Crippen molar-refractivity contribution in [2.75, 3.05) is 6.61 Å². The molecule has 3 N–H and O–H groups in total. The number of carbonyl (C=O) groups excluding carboxylic acids is 1. The van der Waals surface area contributed by atoms with Crippen LogP contribution in [0.1, 0.15) is 35.6 Å². The third-order valence-electron chi connectivity index (χ3n) is 6.03. The number of allylic oxidation sites excluding steroid dienone is 1. The number of ether oxygens (including phenoxy) is 2. The molecule has 8 heteroatoms. The number of hydrogen-bond donors (Lipinski definition) is 2. The highest BCUT2D eigenvalue weighted by atomic mass is 19.1. The molecule has 6 nitrogen and oxygen atoms in total. The molecule has 3 aromatic carbocycles. The van der Waals surface area contributed by atoms with E-state index in [1.807, 2.05) is 30.3 Å². The zero-order valence-corrected chi connectivity index (χ0v) is 21.3. The quantitative estimate of drug-likeness (QED) is 0.179. The highest BCUT2D eigenvalue weighted by molar-refractivity contribution is 5.88. The fourth-order valence-corrected chi connectivity index (χ4v) is 4.09. The molecule has 0 saturated carbocycles. The Balaban J connectivity index is 1.44. The van der Waals surface area contributed by atoms with Crippen LogP contribution in [0.3, 0.4) is 0 Å². The number of rotatable bonds is 10. The molecule has 38 heavy (non-hydrogen) atoms. The Kier molecular flexibility index (Phi) is 8.53. The van der Waals surface area contributed by atoms with Gasteiger partial charge in [-0.3, -0.25) is 9.79 Å². The summed E-state index contributed by atoms with van der Waals surface area (Å²) in [7, 11) is 0. The lowest BCUT2D eigenvalue weighted by Gasteiger charge is -2.12. The molecule has 1 aromatic heterocycles. The van der Waals surface area contributed by atoms with E-state index in [1.165, 1.54) is 6.07 Å². The van der Waals surface area contributed by atoms with Gasteiger partial charge in [0.15, 0.2) is 17.4 Å². The van der Waals surface area contributed by atoms with Crippen molar-refractivity contribution < 1.29 is 23.0 Å². The predicted molar refractivity (Wildman–Crippen MR) is 145 cm³/mol. The fourth-order valence-electron chi connectivity index (χ4n) is 4.09. The lowest BCUT2D eigenvalue weighted by molar-refractivity contribution is -0.143. The van der Waals surface area contributed by atoms with Crippen LogP contribution in [0.5, 0.6) is 11.5 Å². The van der Waals surface area contributed by atoms with E-state index in [0.717, 1.165) is 22.7 Å². The number of aliphatic imine (C=N–C) groups is 1. The summed E-state index contributed by atoms with van der Waals surface area (Å²) in [5.74, 6) is -1.02. The van der Waals surface area contributed by atoms with E-state index in [-0.39, 0.29) is 24.0 Å². The third kappa shape index (κ3) is 6.45. The maximum Gasteiger partial charge on any atom is 0.306 e. The molecule has 196 valence electrons. The number of carbonyl (C=O) groups is 1. The van der Waals surface area contributed by atoms with E-state index in [1.54, 1.807) is 44.3 Å². The molecule has 0 aliphatic rings. The largest absolute Gasteiger partial charge is 0.466 e. The van der Waals surface area contributed by atoms with Crippen molar-refractivity contribution in [3.05, 3.63) is 101 Å². The van der Waals surface area contributed by atoms with Crippen molar-refractivity contribution >= 4 is 28.8 Å². The van der Waals surface area contributed by atoms with Crippen molar-refractivity contribution in [1.82, 2.24) is 4.98 Å². The first-order valence-electron chi connectivity index (χ1n) is 12.3. The summed E-state index contributed by atoms with van der Waals surface area (Å²) < 4.78 is 40.3. The molecular formula is C30H29F2N3O3. The normalized spacial score (nSPS) is 12.1. The number of aromatic amines is 1. The van der Waals surface area contributed by atoms with Gasteiger partial charge in [-0.15, -0.1) is 0 Å². The number of H-pyrrole nitrogens is 1. The molecule has 0 aliphatic heterocycles. The molecule has 0 atom stereocenters. The standard InChI is InChI=1S/C30H29F2N3O3/c1-3-37-28(36)11-10-20-6-4-7-21(14-20)17-34-18-26(32)29(33)22-8-5-9-23(15-22)38-30-19(2)24-12-13-35-27(24)16-25(30)31/h4-9,12-16,18,35H,3,10-11,17,33H2,1-2H3/b29-26+,34-18?. The third-order valence-corrected chi connectivity index (χ3v) is 6.03. The summed E-state index contributed by atoms with van der Waals surface area (Å²) in [6, 6.07) is 17.3. The smallest absolute Gasteiger partial charge is 0.306 e. The van der Waals surface area contributed by atoms with Gasteiger partial charge in [0.2, 0.25) is 0 Å². The Morgan fingerprint density at radius 3 is 2.71 bits per heavy atom. The molecule has 0 radical (unpaired) electrons. The van der Waals surface area contributed by atoms with Gasteiger partial charge in [0.05, 0.1) is 25.1 Å². The summed E-state index contributed by atoms with van der Waals surface area (Å²) >= 11 is 0. The number of aromatic nitrogens is 1. The minimum atomic E-state index is -0.697.